The second-order valence-corrected chi connectivity index (χ2v) is 4.52. The zero-order chi connectivity index (χ0) is 14.1. The molecule has 2 aromatic rings. The molecule has 3 rings (SSSR count). The molecule has 1 saturated heterocycles. The summed E-state index contributed by atoms with van der Waals surface area (Å²) in [5.74, 6) is -1.39. The quantitative estimate of drug-likeness (QED) is 0.850. The van der Waals surface area contributed by atoms with Gasteiger partial charge in [-0.05, 0) is 12.1 Å². The molecule has 1 N–H and O–H groups in total. The molecular formula is C13H13N3O4. The fourth-order valence-corrected chi connectivity index (χ4v) is 2.31. The number of rotatable bonds is 2. The van der Waals surface area contributed by atoms with Crippen molar-refractivity contribution in [1.29, 1.82) is 0 Å². The number of nitrogens with zero attached hydrogens (tertiary/aromatic N) is 3. The van der Waals surface area contributed by atoms with Gasteiger partial charge in [-0.3, -0.25) is 4.79 Å². The minimum absolute atomic E-state index is 0.0142. The molecule has 3 heterocycles. The van der Waals surface area contributed by atoms with Crippen molar-refractivity contribution in [1.82, 2.24) is 14.5 Å². The Morgan fingerprint density at radius 3 is 3.05 bits per heavy atom. The maximum Gasteiger partial charge on any atom is 0.328 e. The van der Waals surface area contributed by atoms with Crippen LogP contribution in [0.25, 0.3) is 5.52 Å². The summed E-state index contributed by atoms with van der Waals surface area (Å²) in [6.07, 6.45) is 3.20. The molecular weight excluding hydrogens is 262 g/mol. The van der Waals surface area contributed by atoms with Crippen molar-refractivity contribution in [2.24, 2.45) is 0 Å². The van der Waals surface area contributed by atoms with E-state index in [1.807, 2.05) is 12.1 Å². The van der Waals surface area contributed by atoms with Crippen LogP contribution < -0.4 is 0 Å². The average Bonchev–Trinajstić information content (AvgIpc) is 2.90. The number of amides is 1. The van der Waals surface area contributed by atoms with E-state index in [0.29, 0.717) is 17.7 Å². The largest absolute Gasteiger partial charge is 0.480 e. The number of fused-ring (bicyclic) bond motifs is 1. The number of hydrogen-bond acceptors (Lipinski definition) is 4. The number of carboxylic acids is 1. The van der Waals surface area contributed by atoms with E-state index < -0.39 is 12.0 Å². The van der Waals surface area contributed by atoms with Crippen LogP contribution in [0.1, 0.15) is 10.4 Å². The molecule has 0 radical (unpaired) electrons. The number of pyridine rings is 1. The number of ether oxygens (including phenoxy) is 1. The normalized spacial score (nSPS) is 19.2. The third-order valence-corrected chi connectivity index (χ3v) is 3.33. The molecule has 2 aromatic heterocycles. The maximum atomic E-state index is 12.5. The van der Waals surface area contributed by atoms with E-state index in [2.05, 4.69) is 5.10 Å². The molecule has 0 spiro atoms. The Balaban J connectivity index is 1.96. The van der Waals surface area contributed by atoms with Gasteiger partial charge in [0.05, 0.1) is 30.5 Å². The van der Waals surface area contributed by atoms with E-state index in [9.17, 15) is 14.7 Å². The number of aromatic nitrogens is 2. The number of hydrogen-bond donors (Lipinski definition) is 1. The lowest BCUT2D eigenvalue weighted by atomic mass is 10.1. The highest BCUT2D eigenvalue weighted by molar-refractivity contribution is 6.02. The highest BCUT2D eigenvalue weighted by atomic mass is 16.5. The minimum atomic E-state index is -1.06. The van der Waals surface area contributed by atoms with Crippen molar-refractivity contribution in [3.8, 4) is 0 Å². The topological polar surface area (TPSA) is 84.1 Å². The van der Waals surface area contributed by atoms with Gasteiger partial charge >= 0.3 is 5.97 Å². The number of carbonyl (C=O) groups excluding carboxylic acids is 1. The summed E-state index contributed by atoms with van der Waals surface area (Å²) in [4.78, 5) is 25.1. The first-order valence-electron chi connectivity index (χ1n) is 6.22. The third-order valence-electron chi connectivity index (χ3n) is 3.33. The molecule has 0 saturated carbocycles. The van der Waals surface area contributed by atoms with Gasteiger partial charge in [0, 0.05) is 12.7 Å². The number of morpholine rings is 1. The molecule has 20 heavy (non-hydrogen) atoms. The Morgan fingerprint density at radius 2 is 2.25 bits per heavy atom. The molecule has 0 bridgehead atoms. The average molecular weight is 275 g/mol. The first-order chi connectivity index (χ1) is 9.68. The Morgan fingerprint density at radius 1 is 1.40 bits per heavy atom. The van der Waals surface area contributed by atoms with Gasteiger partial charge in [-0.2, -0.15) is 5.10 Å². The smallest absolute Gasteiger partial charge is 0.328 e. The van der Waals surface area contributed by atoms with Crippen molar-refractivity contribution in [3.63, 3.8) is 0 Å². The summed E-state index contributed by atoms with van der Waals surface area (Å²) in [6.45, 7) is 0.620. The first kappa shape index (κ1) is 12.6. The number of carboxylic acid groups (broad SMARTS) is 1. The summed E-state index contributed by atoms with van der Waals surface area (Å²) < 4.78 is 6.72. The predicted molar refractivity (Wildman–Crippen MR) is 68.5 cm³/mol. The van der Waals surface area contributed by atoms with Gasteiger partial charge in [0.2, 0.25) is 0 Å². The van der Waals surface area contributed by atoms with Crippen LogP contribution in [0.15, 0.2) is 30.6 Å². The second kappa shape index (κ2) is 4.93. The maximum absolute atomic E-state index is 12.5. The van der Waals surface area contributed by atoms with Crippen molar-refractivity contribution >= 4 is 17.4 Å². The van der Waals surface area contributed by atoms with Gasteiger partial charge in [-0.15, -0.1) is 0 Å². The van der Waals surface area contributed by atoms with E-state index in [1.165, 1.54) is 11.1 Å². The van der Waals surface area contributed by atoms with Gasteiger partial charge in [-0.25, -0.2) is 9.31 Å². The minimum Gasteiger partial charge on any atom is -0.480 e. The molecule has 104 valence electrons. The summed E-state index contributed by atoms with van der Waals surface area (Å²) in [6, 6.07) is 4.44. The van der Waals surface area contributed by atoms with Gasteiger partial charge in [-0.1, -0.05) is 6.07 Å². The number of carbonyl (C=O) groups is 2. The van der Waals surface area contributed by atoms with Gasteiger partial charge in [0.15, 0.2) is 6.04 Å². The van der Waals surface area contributed by atoms with Crippen LogP contribution in [-0.4, -0.2) is 57.3 Å². The molecule has 0 aliphatic carbocycles. The van der Waals surface area contributed by atoms with Crippen LogP contribution in [-0.2, 0) is 9.53 Å². The zero-order valence-corrected chi connectivity index (χ0v) is 10.6. The Kier molecular flexibility index (Phi) is 3.11. The lowest BCUT2D eigenvalue weighted by Crippen LogP contribution is -2.52. The lowest BCUT2D eigenvalue weighted by Gasteiger charge is -2.32. The fraction of sp³-hybridized carbons (Fsp3) is 0.308. The number of aliphatic carboxylic acids is 1. The van der Waals surface area contributed by atoms with Crippen molar-refractivity contribution < 1.29 is 19.4 Å². The molecule has 7 nitrogen and oxygen atoms in total. The Labute approximate surface area is 114 Å². The summed E-state index contributed by atoms with van der Waals surface area (Å²) in [7, 11) is 0. The molecule has 1 atom stereocenters. The van der Waals surface area contributed by atoms with Gasteiger partial charge < -0.3 is 14.7 Å². The van der Waals surface area contributed by atoms with Gasteiger partial charge in [0.1, 0.15) is 0 Å². The molecule has 1 unspecified atom stereocenters. The van der Waals surface area contributed by atoms with E-state index in [0.717, 1.165) is 0 Å². The Bertz CT molecular complexity index is 666. The standard InChI is InChI=1S/C13H13N3O4/c17-12(15-5-6-20-8-11(15)13(18)19)9-7-14-16-4-2-1-3-10(9)16/h1-4,7,11H,5-6,8H2,(H,18,19). The fourth-order valence-electron chi connectivity index (χ4n) is 2.31. The van der Waals surface area contributed by atoms with Crippen LogP contribution >= 0.6 is 0 Å². The first-order valence-corrected chi connectivity index (χ1v) is 6.22. The highest BCUT2D eigenvalue weighted by Gasteiger charge is 2.34. The Hall–Kier alpha value is -2.41. The SMILES string of the molecule is O=C(O)C1COCCN1C(=O)c1cnn2ccccc12. The van der Waals surface area contributed by atoms with Crippen LogP contribution in [0.2, 0.25) is 0 Å². The van der Waals surface area contributed by atoms with Gasteiger partial charge in [0.25, 0.3) is 5.91 Å². The lowest BCUT2D eigenvalue weighted by molar-refractivity contribution is -0.147. The molecule has 0 aromatic carbocycles. The summed E-state index contributed by atoms with van der Waals surface area (Å²) in [5.41, 5.74) is 1.06. The van der Waals surface area contributed by atoms with Crippen LogP contribution in [0.4, 0.5) is 0 Å². The van der Waals surface area contributed by atoms with Crippen molar-refractivity contribution in [2.75, 3.05) is 19.8 Å². The highest BCUT2D eigenvalue weighted by Crippen LogP contribution is 2.17. The van der Waals surface area contributed by atoms with E-state index in [4.69, 9.17) is 4.74 Å². The van der Waals surface area contributed by atoms with Crippen LogP contribution in [0.5, 0.6) is 0 Å². The molecule has 1 aliphatic heterocycles. The van der Waals surface area contributed by atoms with E-state index in [-0.39, 0.29) is 19.1 Å². The molecule has 1 amide bonds. The zero-order valence-electron chi connectivity index (χ0n) is 10.6. The monoisotopic (exact) mass is 275 g/mol. The van der Waals surface area contributed by atoms with E-state index >= 15 is 0 Å². The predicted octanol–water partition coefficient (Wildman–Crippen LogP) is 0.260. The molecule has 1 fully saturated rings. The van der Waals surface area contributed by atoms with Crippen LogP contribution in [0, 0.1) is 0 Å². The van der Waals surface area contributed by atoms with E-state index in [1.54, 1.807) is 16.8 Å². The molecule has 1 aliphatic rings. The van der Waals surface area contributed by atoms with Crippen molar-refractivity contribution in [2.45, 2.75) is 6.04 Å². The summed E-state index contributed by atoms with van der Waals surface area (Å²) >= 11 is 0. The summed E-state index contributed by atoms with van der Waals surface area (Å²) in [5, 5.41) is 13.3. The second-order valence-electron chi connectivity index (χ2n) is 4.52. The molecule has 7 heteroatoms. The van der Waals surface area contributed by atoms with Crippen molar-refractivity contribution in [3.05, 3.63) is 36.2 Å². The van der Waals surface area contributed by atoms with Crippen LogP contribution in [0.3, 0.4) is 0 Å². The third kappa shape index (κ3) is 2.01.